The van der Waals surface area contributed by atoms with E-state index in [0.29, 0.717) is 5.69 Å². The van der Waals surface area contributed by atoms with E-state index in [9.17, 15) is 0 Å². The third-order valence-corrected chi connectivity index (χ3v) is 0.927. The van der Waals surface area contributed by atoms with Crippen LogP contribution in [0.15, 0.2) is 30.3 Å². The normalized spacial score (nSPS) is 6.92. The van der Waals surface area contributed by atoms with Crippen molar-refractivity contribution in [2.24, 2.45) is 0 Å². The smallest absolute Gasteiger partial charge is 0.295 e. The number of carbonyl (C=O) groups excluding carboxylic acids is 2. The predicted octanol–water partition coefficient (Wildman–Crippen LogP) is 1.56. The fourth-order valence-electron chi connectivity index (χ4n) is 0.495. The molecule has 12 heavy (non-hydrogen) atoms. The van der Waals surface area contributed by atoms with Gasteiger partial charge in [0.1, 0.15) is 0 Å². The number of diazo groups is 1. The molecule has 0 unspecified atom stereocenters. The fraction of sp³-hybridized carbons (Fsp3) is 0. The molecule has 1 aromatic carbocycles. The molecule has 0 aromatic heterocycles. The van der Waals surface area contributed by atoms with Gasteiger partial charge in [-0.15, -0.1) is 0 Å². The summed E-state index contributed by atoms with van der Waals surface area (Å²) >= 11 is 0. The second-order valence-electron chi connectivity index (χ2n) is 1.71. The number of hydrogen-bond acceptors (Lipinski definition) is 3. The Morgan fingerprint density at radius 2 is 1.58 bits per heavy atom. The van der Waals surface area contributed by atoms with E-state index in [1.165, 1.54) is 0 Å². The Kier molecular flexibility index (Phi) is 5.90. The van der Waals surface area contributed by atoms with Gasteiger partial charge in [0, 0.05) is 12.1 Å². The quantitative estimate of drug-likeness (QED) is 0.358. The van der Waals surface area contributed by atoms with E-state index in [1.807, 2.05) is 18.2 Å². The topological polar surface area (TPSA) is 62.3 Å². The minimum atomic E-state index is 0.194. The van der Waals surface area contributed by atoms with E-state index in [0.717, 1.165) is 0 Å². The molecule has 0 saturated heterocycles. The number of hydrogen-bond donors (Lipinski definition) is 0. The Bertz CT molecular complexity index is 271. The number of aldehydes is 2. The van der Waals surface area contributed by atoms with E-state index >= 15 is 0 Å². The van der Waals surface area contributed by atoms with E-state index in [2.05, 4.69) is 4.98 Å². The molecule has 0 aliphatic rings. The lowest BCUT2D eigenvalue weighted by Crippen LogP contribution is -1.62. The summed E-state index contributed by atoms with van der Waals surface area (Å²) in [5, 5.41) is 8.16. The van der Waals surface area contributed by atoms with Gasteiger partial charge in [-0.25, -0.2) is 0 Å². The van der Waals surface area contributed by atoms with Gasteiger partial charge in [-0.3, -0.25) is 9.59 Å². The van der Waals surface area contributed by atoms with Crippen LogP contribution in [0.25, 0.3) is 4.98 Å². The number of rotatable bonds is 1. The Hall–Kier alpha value is -2.02. The average molecular weight is 163 g/mol. The molecular formula is C8H7N2O2+. The van der Waals surface area contributed by atoms with E-state index in [4.69, 9.17) is 15.0 Å². The van der Waals surface area contributed by atoms with Gasteiger partial charge in [-0.1, -0.05) is 18.2 Å². The highest BCUT2D eigenvalue weighted by atomic mass is 16.2. The molecule has 0 aliphatic heterocycles. The van der Waals surface area contributed by atoms with Crippen LogP contribution in [0.5, 0.6) is 0 Å². The van der Waals surface area contributed by atoms with Crippen LogP contribution in [0.3, 0.4) is 0 Å². The molecule has 0 bridgehead atoms. The lowest BCUT2D eigenvalue weighted by Gasteiger charge is -1.69. The largest absolute Gasteiger partial charge is 0.385 e. The standard InChI is InChI=1S/C6H5N2.C2H2O2/c7-8-6-4-2-1-3-5-6;3-1-2-4/h1-5H;1-2H/q+1;. The van der Waals surface area contributed by atoms with Gasteiger partial charge in [0.15, 0.2) is 17.5 Å². The first-order valence-electron chi connectivity index (χ1n) is 3.14. The summed E-state index contributed by atoms with van der Waals surface area (Å²) in [5.41, 5.74) is 0.590. The van der Waals surface area contributed by atoms with Crippen molar-refractivity contribution in [3.05, 3.63) is 35.3 Å². The molecular weight excluding hydrogens is 156 g/mol. The molecule has 0 N–H and O–H groups in total. The summed E-state index contributed by atoms with van der Waals surface area (Å²) in [5.74, 6) is 0. The second kappa shape index (κ2) is 7.09. The minimum absolute atomic E-state index is 0.194. The molecule has 4 nitrogen and oxygen atoms in total. The van der Waals surface area contributed by atoms with Crippen molar-refractivity contribution >= 4 is 18.3 Å². The van der Waals surface area contributed by atoms with Crippen LogP contribution in [0, 0.1) is 5.39 Å². The van der Waals surface area contributed by atoms with Crippen molar-refractivity contribution in [2.45, 2.75) is 0 Å². The predicted molar refractivity (Wildman–Crippen MR) is 43.3 cm³/mol. The van der Waals surface area contributed by atoms with Crippen LogP contribution in [0.2, 0.25) is 0 Å². The van der Waals surface area contributed by atoms with Crippen LogP contribution < -0.4 is 0 Å². The first kappa shape index (κ1) is 9.98. The molecule has 4 heteroatoms. The summed E-state index contributed by atoms with van der Waals surface area (Å²) in [7, 11) is 0. The van der Waals surface area contributed by atoms with Gasteiger partial charge in [-0.05, 0) is 0 Å². The highest BCUT2D eigenvalue weighted by molar-refractivity contribution is 6.09. The maximum atomic E-state index is 8.81. The SMILES string of the molecule is N#[N+]c1ccccc1.O=CC=O. The van der Waals surface area contributed by atoms with Crippen molar-refractivity contribution < 1.29 is 9.59 Å². The van der Waals surface area contributed by atoms with Crippen LogP contribution in [-0.2, 0) is 9.59 Å². The summed E-state index contributed by atoms with van der Waals surface area (Å²) in [6.45, 7) is 0. The molecule has 0 amide bonds. The summed E-state index contributed by atoms with van der Waals surface area (Å²) in [6, 6.07) is 8.94. The van der Waals surface area contributed by atoms with Crippen molar-refractivity contribution in [1.29, 1.82) is 5.39 Å². The molecule has 1 rings (SSSR count). The highest BCUT2D eigenvalue weighted by Crippen LogP contribution is 2.07. The van der Waals surface area contributed by atoms with Gasteiger partial charge in [-0.2, -0.15) is 0 Å². The molecule has 0 fully saturated rings. The van der Waals surface area contributed by atoms with Crippen molar-refractivity contribution in [3.8, 4) is 0 Å². The third kappa shape index (κ3) is 4.82. The Morgan fingerprint density at radius 1 is 1.08 bits per heavy atom. The lowest BCUT2D eigenvalue weighted by atomic mass is 10.3. The van der Waals surface area contributed by atoms with E-state index < -0.39 is 0 Å². The van der Waals surface area contributed by atoms with Gasteiger partial charge >= 0.3 is 5.69 Å². The van der Waals surface area contributed by atoms with Gasteiger partial charge in [0.2, 0.25) is 5.39 Å². The lowest BCUT2D eigenvalue weighted by molar-refractivity contribution is -0.122. The van der Waals surface area contributed by atoms with Crippen LogP contribution in [0.4, 0.5) is 5.69 Å². The monoisotopic (exact) mass is 163 g/mol. The zero-order valence-electron chi connectivity index (χ0n) is 6.25. The number of carbonyl (C=O) groups is 2. The van der Waals surface area contributed by atoms with Gasteiger partial charge < -0.3 is 0 Å². The van der Waals surface area contributed by atoms with E-state index in [1.54, 1.807) is 12.1 Å². The molecule has 0 saturated carbocycles. The summed E-state index contributed by atoms with van der Waals surface area (Å²) in [6.07, 6.45) is 0.389. The van der Waals surface area contributed by atoms with E-state index in [-0.39, 0.29) is 12.6 Å². The zero-order valence-corrected chi connectivity index (χ0v) is 6.25. The third-order valence-electron chi connectivity index (χ3n) is 0.927. The summed E-state index contributed by atoms with van der Waals surface area (Å²) in [4.78, 5) is 20.6. The minimum Gasteiger partial charge on any atom is -0.295 e. The molecule has 0 atom stereocenters. The molecule has 0 heterocycles. The Morgan fingerprint density at radius 3 is 1.83 bits per heavy atom. The van der Waals surface area contributed by atoms with Crippen molar-refractivity contribution in [1.82, 2.24) is 0 Å². The maximum absolute atomic E-state index is 8.81. The van der Waals surface area contributed by atoms with Crippen LogP contribution in [-0.4, -0.2) is 12.6 Å². The number of benzene rings is 1. The highest BCUT2D eigenvalue weighted by Gasteiger charge is 1.95. The number of nitrogens with zero attached hydrogens (tertiary/aromatic N) is 2. The van der Waals surface area contributed by atoms with Crippen LogP contribution in [0.1, 0.15) is 0 Å². The fourth-order valence-corrected chi connectivity index (χ4v) is 0.495. The van der Waals surface area contributed by atoms with Crippen LogP contribution >= 0.6 is 0 Å². The van der Waals surface area contributed by atoms with Gasteiger partial charge in [0.05, 0.1) is 0 Å². The molecule has 0 spiro atoms. The molecule has 0 aliphatic carbocycles. The molecule has 0 radical (unpaired) electrons. The van der Waals surface area contributed by atoms with Crippen molar-refractivity contribution in [2.75, 3.05) is 0 Å². The van der Waals surface area contributed by atoms with Crippen molar-refractivity contribution in [3.63, 3.8) is 0 Å². The average Bonchev–Trinajstić information content (AvgIpc) is 2.19. The molecule has 1 aromatic rings. The zero-order chi connectivity index (χ0) is 9.23. The second-order valence-corrected chi connectivity index (χ2v) is 1.71. The maximum Gasteiger partial charge on any atom is 0.385 e. The first-order valence-corrected chi connectivity index (χ1v) is 3.14. The Balaban J connectivity index is 0.000000261. The first-order chi connectivity index (χ1) is 5.85. The Labute approximate surface area is 69.5 Å². The molecule has 60 valence electrons. The van der Waals surface area contributed by atoms with Gasteiger partial charge in [0.25, 0.3) is 0 Å². The summed E-state index contributed by atoms with van der Waals surface area (Å²) < 4.78 is 0.